The summed E-state index contributed by atoms with van der Waals surface area (Å²) in [5, 5.41) is 2.68. The van der Waals surface area contributed by atoms with Crippen molar-refractivity contribution in [2.24, 2.45) is 0 Å². The van der Waals surface area contributed by atoms with E-state index in [-0.39, 0.29) is 5.91 Å². The standard InChI is InChI=1S/C14H20N2O3S/c1-12(17)15-11-13-5-7-14(8-6-13)20(18,19)16-9-3-2-4-10-16/h5-8H,2-4,9-11H2,1H3,(H,15,17). The number of nitrogens with zero attached hydrogens (tertiary/aromatic N) is 1. The zero-order valence-electron chi connectivity index (χ0n) is 11.6. The summed E-state index contributed by atoms with van der Waals surface area (Å²) in [6.07, 6.45) is 2.96. The number of hydrogen-bond donors (Lipinski definition) is 1. The Labute approximate surface area is 120 Å². The van der Waals surface area contributed by atoms with Gasteiger partial charge in [-0.3, -0.25) is 4.79 Å². The molecule has 0 radical (unpaired) electrons. The van der Waals surface area contributed by atoms with E-state index in [1.807, 2.05) is 0 Å². The Hall–Kier alpha value is -1.40. The van der Waals surface area contributed by atoms with Crippen molar-refractivity contribution in [2.75, 3.05) is 13.1 Å². The number of amides is 1. The van der Waals surface area contributed by atoms with Crippen LogP contribution in [-0.4, -0.2) is 31.7 Å². The van der Waals surface area contributed by atoms with Gasteiger partial charge < -0.3 is 5.32 Å². The van der Waals surface area contributed by atoms with Gasteiger partial charge in [0.2, 0.25) is 15.9 Å². The first-order valence-corrected chi connectivity index (χ1v) is 8.28. The Morgan fingerprint density at radius 2 is 1.75 bits per heavy atom. The molecule has 0 saturated carbocycles. The molecule has 1 aromatic rings. The molecule has 110 valence electrons. The normalized spacial score (nSPS) is 16.9. The molecule has 0 unspecified atom stereocenters. The fourth-order valence-corrected chi connectivity index (χ4v) is 3.78. The Bertz CT molecular complexity index is 561. The minimum absolute atomic E-state index is 0.102. The molecule has 1 aliphatic rings. The maximum atomic E-state index is 12.4. The number of rotatable bonds is 4. The van der Waals surface area contributed by atoms with E-state index in [4.69, 9.17) is 0 Å². The van der Waals surface area contributed by atoms with Crippen LogP contribution in [0.15, 0.2) is 29.2 Å². The molecule has 1 aliphatic heterocycles. The predicted molar refractivity (Wildman–Crippen MR) is 76.6 cm³/mol. The molecule has 1 heterocycles. The van der Waals surface area contributed by atoms with Crippen LogP contribution in [0, 0.1) is 0 Å². The van der Waals surface area contributed by atoms with Crippen LogP contribution in [-0.2, 0) is 21.4 Å². The number of carbonyl (C=O) groups excluding carboxylic acids is 1. The first kappa shape index (κ1) is 15.0. The van der Waals surface area contributed by atoms with Gasteiger partial charge in [0.25, 0.3) is 0 Å². The van der Waals surface area contributed by atoms with Gasteiger partial charge in [0.15, 0.2) is 0 Å². The van der Waals surface area contributed by atoms with Crippen LogP contribution in [0.1, 0.15) is 31.7 Å². The number of hydrogen-bond acceptors (Lipinski definition) is 3. The highest BCUT2D eigenvalue weighted by molar-refractivity contribution is 7.89. The highest BCUT2D eigenvalue weighted by Crippen LogP contribution is 2.20. The summed E-state index contributed by atoms with van der Waals surface area (Å²) in [4.78, 5) is 11.2. The van der Waals surface area contributed by atoms with Gasteiger partial charge >= 0.3 is 0 Å². The Morgan fingerprint density at radius 1 is 1.15 bits per heavy atom. The molecule has 1 aromatic carbocycles. The van der Waals surface area contributed by atoms with Gasteiger partial charge in [0.05, 0.1) is 4.90 Å². The van der Waals surface area contributed by atoms with Crippen LogP contribution in [0.25, 0.3) is 0 Å². The third-order valence-electron chi connectivity index (χ3n) is 3.42. The highest BCUT2D eigenvalue weighted by atomic mass is 32.2. The molecule has 20 heavy (non-hydrogen) atoms. The smallest absolute Gasteiger partial charge is 0.243 e. The topological polar surface area (TPSA) is 66.5 Å². The van der Waals surface area contributed by atoms with Crippen LogP contribution >= 0.6 is 0 Å². The lowest BCUT2D eigenvalue weighted by Crippen LogP contribution is -2.35. The second kappa shape index (κ2) is 6.37. The van der Waals surface area contributed by atoms with Gasteiger partial charge in [0, 0.05) is 26.6 Å². The van der Waals surface area contributed by atoms with Crippen LogP contribution in [0.3, 0.4) is 0 Å². The van der Waals surface area contributed by atoms with Crippen molar-refractivity contribution in [2.45, 2.75) is 37.6 Å². The number of benzene rings is 1. The number of sulfonamides is 1. The van der Waals surface area contributed by atoms with E-state index >= 15 is 0 Å². The van der Waals surface area contributed by atoms with E-state index in [9.17, 15) is 13.2 Å². The molecule has 6 heteroatoms. The van der Waals surface area contributed by atoms with E-state index in [1.165, 1.54) is 6.92 Å². The molecule has 2 rings (SSSR count). The Morgan fingerprint density at radius 3 is 2.30 bits per heavy atom. The third kappa shape index (κ3) is 3.58. The van der Waals surface area contributed by atoms with Gasteiger partial charge in [-0.2, -0.15) is 4.31 Å². The van der Waals surface area contributed by atoms with Gasteiger partial charge in [-0.25, -0.2) is 8.42 Å². The average Bonchev–Trinajstić information content (AvgIpc) is 2.46. The highest BCUT2D eigenvalue weighted by Gasteiger charge is 2.25. The number of piperidine rings is 1. The van der Waals surface area contributed by atoms with Crippen LogP contribution < -0.4 is 5.32 Å². The monoisotopic (exact) mass is 296 g/mol. The molecule has 1 fully saturated rings. The molecule has 1 saturated heterocycles. The molecule has 1 amide bonds. The second-order valence-electron chi connectivity index (χ2n) is 5.02. The third-order valence-corrected chi connectivity index (χ3v) is 5.33. The van der Waals surface area contributed by atoms with E-state index in [1.54, 1.807) is 28.6 Å². The van der Waals surface area contributed by atoms with Crippen molar-refractivity contribution in [3.8, 4) is 0 Å². The van der Waals surface area contributed by atoms with Gasteiger partial charge in [-0.05, 0) is 30.5 Å². The van der Waals surface area contributed by atoms with E-state index in [2.05, 4.69) is 5.32 Å². The summed E-state index contributed by atoms with van der Waals surface area (Å²) < 4.78 is 26.4. The molecular weight excluding hydrogens is 276 g/mol. The van der Waals surface area contributed by atoms with Gasteiger partial charge in [-0.1, -0.05) is 18.6 Å². The second-order valence-corrected chi connectivity index (χ2v) is 6.96. The lowest BCUT2D eigenvalue weighted by molar-refractivity contribution is -0.119. The van der Waals surface area contributed by atoms with E-state index in [0.717, 1.165) is 24.8 Å². The average molecular weight is 296 g/mol. The van der Waals surface area contributed by atoms with Gasteiger partial charge in [-0.15, -0.1) is 0 Å². The van der Waals surface area contributed by atoms with Crippen molar-refractivity contribution in [3.05, 3.63) is 29.8 Å². The zero-order chi connectivity index (χ0) is 14.6. The van der Waals surface area contributed by atoms with Crippen LogP contribution in [0.5, 0.6) is 0 Å². The van der Waals surface area contributed by atoms with Crippen molar-refractivity contribution in [1.29, 1.82) is 0 Å². The maximum absolute atomic E-state index is 12.4. The fraction of sp³-hybridized carbons (Fsp3) is 0.500. The predicted octanol–water partition coefficient (Wildman–Crippen LogP) is 1.50. The summed E-state index contributed by atoms with van der Waals surface area (Å²) in [5.74, 6) is -0.102. The molecule has 0 aromatic heterocycles. The van der Waals surface area contributed by atoms with Crippen LogP contribution in [0.2, 0.25) is 0 Å². The van der Waals surface area contributed by atoms with Crippen molar-refractivity contribution >= 4 is 15.9 Å². The molecule has 0 aliphatic carbocycles. The molecule has 0 spiro atoms. The molecule has 1 N–H and O–H groups in total. The summed E-state index contributed by atoms with van der Waals surface area (Å²) in [5.41, 5.74) is 0.887. The van der Waals surface area contributed by atoms with E-state index < -0.39 is 10.0 Å². The van der Waals surface area contributed by atoms with Crippen molar-refractivity contribution < 1.29 is 13.2 Å². The largest absolute Gasteiger partial charge is 0.352 e. The molecule has 5 nitrogen and oxygen atoms in total. The van der Waals surface area contributed by atoms with Crippen molar-refractivity contribution in [3.63, 3.8) is 0 Å². The SMILES string of the molecule is CC(=O)NCc1ccc(S(=O)(=O)N2CCCCC2)cc1. The number of nitrogens with one attached hydrogen (secondary N) is 1. The summed E-state index contributed by atoms with van der Waals surface area (Å²) in [6.45, 7) is 3.08. The zero-order valence-corrected chi connectivity index (χ0v) is 12.4. The Kier molecular flexibility index (Phi) is 4.77. The summed E-state index contributed by atoms with van der Waals surface area (Å²) in [7, 11) is -3.36. The van der Waals surface area contributed by atoms with E-state index in [0.29, 0.717) is 24.5 Å². The molecule has 0 bridgehead atoms. The summed E-state index contributed by atoms with van der Waals surface area (Å²) >= 11 is 0. The lowest BCUT2D eigenvalue weighted by Gasteiger charge is -2.25. The lowest BCUT2D eigenvalue weighted by atomic mass is 10.2. The minimum atomic E-state index is -3.36. The van der Waals surface area contributed by atoms with Crippen LogP contribution in [0.4, 0.5) is 0 Å². The maximum Gasteiger partial charge on any atom is 0.243 e. The first-order valence-electron chi connectivity index (χ1n) is 6.84. The quantitative estimate of drug-likeness (QED) is 0.915. The van der Waals surface area contributed by atoms with Crippen molar-refractivity contribution in [1.82, 2.24) is 9.62 Å². The number of carbonyl (C=O) groups is 1. The van der Waals surface area contributed by atoms with Gasteiger partial charge in [0.1, 0.15) is 0 Å². The summed E-state index contributed by atoms with van der Waals surface area (Å²) in [6, 6.07) is 6.71. The fourth-order valence-electron chi connectivity index (χ4n) is 2.26. The minimum Gasteiger partial charge on any atom is -0.352 e. The molecular formula is C14H20N2O3S. The Balaban J connectivity index is 2.10. The first-order chi connectivity index (χ1) is 9.50. The molecule has 0 atom stereocenters.